The Labute approximate surface area is 111 Å². The van der Waals surface area contributed by atoms with E-state index in [1.807, 2.05) is 60.7 Å². The molecule has 2 rings (SSSR count). The molecule has 2 aromatic rings. The van der Waals surface area contributed by atoms with Crippen LogP contribution in [0.15, 0.2) is 87.9 Å². The summed E-state index contributed by atoms with van der Waals surface area (Å²) in [6.07, 6.45) is 0. The second-order valence-corrected chi connectivity index (χ2v) is 3.62. The lowest BCUT2D eigenvalue weighted by molar-refractivity contribution is 0.962. The van der Waals surface area contributed by atoms with Gasteiger partial charge in [-0.2, -0.15) is 0 Å². The van der Waals surface area contributed by atoms with E-state index < -0.39 is 0 Å². The van der Waals surface area contributed by atoms with Crippen LogP contribution in [0.25, 0.3) is 0 Å². The molecule has 4 nitrogen and oxygen atoms in total. The van der Waals surface area contributed by atoms with Crippen LogP contribution in [0.3, 0.4) is 0 Å². The van der Waals surface area contributed by atoms with Crippen LogP contribution in [0.4, 0.5) is 0 Å². The van der Waals surface area contributed by atoms with Gasteiger partial charge in [0.05, 0.1) is 0 Å². The monoisotopic (exact) mass is 248 g/mol. The maximum Gasteiger partial charge on any atom is 0.102 e. The van der Waals surface area contributed by atoms with Crippen LogP contribution in [0.5, 0.6) is 0 Å². The minimum absolute atomic E-state index is 0.740. The van der Waals surface area contributed by atoms with Crippen LogP contribution in [0.2, 0.25) is 0 Å². The van der Waals surface area contributed by atoms with Crippen LogP contribution in [-0.4, -0.2) is 11.6 Å². The minimum atomic E-state index is 0.740. The van der Waals surface area contributed by atoms with Crippen LogP contribution >= 0.6 is 0 Å². The second kappa shape index (κ2) is 6.79. The van der Waals surface area contributed by atoms with Crippen molar-refractivity contribution in [3.63, 3.8) is 0 Å². The zero-order valence-electron chi connectivity index (χ0n) is 10.3. The maximum absolute atomic E-state index is 4.12. The van der Waals surface area contributed by atoms with Crippen LogP contribution in [-0.2, 0) is 0 Å². The topological polar surface area (TPSA) is 49.4 Å². The predicted octanol–water partition coefficient (Wildman–Crippen LogP) is 3.66. The number of rotatable bonds is 4. The average molecular weight is 248 g/mol. The van der Waals surface area contributed by atoms with Crippen molar-refractivity contribution >= 4 is 11.6 Å². The van der Waals surface area contributed by atoms with Crippen molar-refractivity contribution in [2.75, 3.05) is 0 Å². The molecule has 0 N–H and O–H groups in total. The Bertz CT molecular complexity index is 582. The highest BCUT2D eigenvalue weighted by Crippen LogP contribution is 2.11. The highest BCUT2D eigenvalue weighted by molar-refractivity contribution is 6.12. The maximum atomic E-state index is 4.12. The van der Waals surface area contributed by atoms with Crippen molar-refractivity contribution in [2.24, 2.45) is 20.6 Å². The Morgan fingerprint density at radius 3 is 1.79 bits per heavy atom. The van der Waals surface area contributed by atoms with Crippen molar-refractivity contribution < 1.29 is 0 Å². The lowest BCUT2D eigenvalue weighted by atomic mass is 10.0. The first-order valence-corrected chi connectivity index (χ1v) is 5.72. The molecule has 0 heterocycles. The van der Waals surface area contributed by atoms with Gasteiger partial charge in [0.15, 0.2) is 0 Å². The number of nitrogens with zero attached hydrogens (tertiary/aromatic N) is 4. The highest BCUT2D eigenvalue weighted by atomic mass is 15.5. The minimum Gasteiger partial charge on any atom is -0.128 e. The van der Waals surface area contributed by atoms with Crippen molar-refractivity contribution in [1.29, 1.82) is 0 Å². The van der Waals surface area contributed by atoms with Gasteiger partial charge in [0, 0.05) is 17.0 Å². The summed E-state index contributed by atoms with van der Waals surface area (Å²) in [6.45, 7) is 3.30. The summed E-state index contributed by atoms with van der Waals surface area (Å²) in [4.78, 5) is 0. The summed E-state index contributed by atoms with van der Waals surface area (Å²) < 4.78 is 0. The molecule has 0 aliphatic heterocycles. The molecular formula is C15H12N4. The molecular weight excluding hydrogens is 236 g/mol. The Balaban J connectivity index is 2.42. The zero-order chi connectivity index (χ0) is 13.3. The summed E-state index contributed by atoms with van der Waals surface area (Å²) in [7, 11) is 0. The van der Waals surface area contributed by atoms with Crippen molar-refractivity contribution in [3.8, 4) is 0 Å². The Morgan fingerprint density at radius 2 is 1.32 bits per heavy atom. The largest absolute Gasteiger partial charge is 0.128 e. The van der Waals surface area contributed by atoms with E-state index in [1.54, 1.807) is 0 Å². The molecule has 0 fully saturated rings. The van der Waals surface area contributed by atoms with Gasteiger partial charge in [0.25, 0.3) is 0 Å². The van der Waals surface area contributed by atoms with Gasteiger partial charge in [-0.3, -0.25) is 0 Å². The number of benzene rings is 2. The SMILES string of the molecule is C=C=N/N=N/N=C(c1ccccc1)c1ccccc1. The van der Waals surface area contributed by atoms with E-state index in [4.69, 9.17) is 0 Å². The Morgan fingerprint density at radius 1 is 0.789 bits per heavy atom. The molecule has 92 valence electrons. The molecule has 0 spiro atoms. The molecule has 0 bridgehead atoms. The first-order chi connectivity index (χ1) is 9.42. The molecule has 0 atom stereocenters. The van der Waals surface area contributed by atoms with Gasteiger partial charge in [-0.1, -0.05) is 65.8 Å². The van der Waals surface area contributed by atoms with Crippen LogP contribution in [0, 0.1) is 0 Å². The second-order valence-electron chi connectivity index (χ2n) is 3.62. The first kappa shape index (κ1) is 12.6. The van der Waals surface area contributed by atoms with Gasteiger partial charge in [-0.05, 0) is 17.0 Å². The fourth-order valence-electron chi connectivity index (χ4n) is 1.59. The Kier molecular flexibility index (Phi) is 4.51. The fourth-order valence-corrected chi connectivity index (χ4v) is 1.59. The summed E-state index contributed by atoms with van der Waals surface area (Å²) in [5.41, 5.74) is 2.68. The van der Waals surface area contributed by atoms with E-state index in [1.165, 1.54) is 0 Å². The standard InChI is InChI=1S/C15H12N4/c1-2-16-18-19-17-15(13-9-5-3-6-10-13)14-11-7-4-8-12-14/h3-12H,1H2/b19-18+. The lowest BCUT2D eigenvalue weighted by Gasteiger charge is -2.04. The third-order valence-electron chi connectivity index (χ3n) is 2.39. The van der Waals surface area contributed by atoms with Gasteiger partial charge in [-0.25, -0.2) is 0 Å². The summed E-state index contributed by atoms with van der Waals surface area (Å²) in [5, 5.41) is 14.7. The van der Waals surface area contributed by atoms with E-state index in [9.17, 15) is 0 Å². The van der Waals surface area contributed by atoms with Gasteiger partial charge in [0.2, 0.25) is 0 Å². The highest BCUT2D eigenvalue weighted by Gasteiger charge is 2.05. The summed E-state index contributed by atoms with van der Waals surface area (Å²) in [6, 6.07) is 19.6. The van der Waals surface area contributed by atoms with E-state index in [0.717, 1.165) is 16.8 Å². The predicted molar refractivity (Wildman–Crippen MR) is 76.4 cm³/mol. The van der Waals surface area contributed by atoms with Crippen molar-refractivity contribution in [2.45, 2.75) is 0 Å². The quantitative estimate of drug-likeness (QED) is 0.450. The number of hydrogen-bond acceptors (Lipinski definition) is 2. The third kappa shape index (κ3) is 3.56. The normalized spacial score (nSPS) is 9.89. The zero-order valence-corrected chi connectivity index (χ0v) is 10.3. The molecule has 0 aromatic heterocycles. The molecule has 0 aliphatic carbocycles. The van der Waals surface area contributed by atoms with Crippen molar-refractivity contribution in [1.82, 2.24) is 0 Å². The number of hydrogen-bond donors (Lipinski definition) is 0. The fraction of sp³-hybridized carbons (Fsp3) is 0. The van der Waals surface area contributed by atoms with E-state index in [2.05, 4.69) is 33.1 Å². The van der Waals surface area contributed by atoms with Crippen LogP contribution in [0.1, 0.15) is 11.1 Å². The van der Waals surface area contributed by atoms with E-state index in [0.29, 0.717) is 0 Å². The van der Waals surface area contributed by atoms with Gasteiger partial charge >= 0.3 is 0 Å². The molecule has 0 amide bonds. The molecule has 0 saturated carbocycles. The molecule has 0 aliphatic rings. The van der Waals surface area contributed by atoms with E-state index >= 15 is 0 Å². The smallest absolute Gasteiger partial charge is 0.102 e. The average Bonchev–Trinajstić information content (AvgIpc) is 2.49. The molecule has 0 unspecified atom stereocenters. The third-order valence-corrected chi connectivity index (χ3v) is 2.39. The molecule has 0 saturated heterocycles. The Hall–Kier alpha value is -2.84. The van der Waals surface area contributed by atoms with Crippen LogP contribution < -0.4 is 0 Å². The molecule has 0 radical (unpaired) electrons. The summed E-state index contributed by atoms with van der Waals surface area (Å²) >= 11 is 0. The van der Waals surface area contributed by atoms with Gasteiger partial charge in [0.1, 0.15) is 5.71 Å². The molecule has 2 aromatic carbocycles. The molecule has 19 heavy (non-hydrogen) atoms. The van der Waals surface area contributed by atoms with Crippen molar-refractivity contribution in [3.05, 3.63) is 78.4 Å². The lowest BCUT2D eigenvalue weighted by Crippen LogP contribution is -2.02. The van der Waals surface area contributed by atoms with Gasteiger partial charge < -0.3 is 0 Å². The van der Waals surface area contributed by atoms with Gasteiger partial charge in [-0.15, -0.1) is 5.10 Å². The van der Waals surface area contributed by atoms with E-state index in [-0.39, 0.29) is 0 Å². The molecule has 4 heteroatoms. The summed E-state index contributed by atoms with van der Waals surface area (Å²) in [5.74, 6) is 2.27. The first-order valence-electron chi connectivity index (χ1n) is 5.72.